The van der Waals surface area contributed by atoms with Crippen molar-refractivity contribution < 1.29 is 29.5 Å². The number of carbonyl (C=O) groups is 1. The molecule has 6 nitrogen and oxygen atoms in total. The summed E-state index contributed by atoms with van der Waals surface area (Å²) in [6.45, 7) is 0.761. The first-order valence-corrected chi connectivity index (χ1v) is 6.03. The highest BCUT2D eigenvalue weighted by atomic mass is 16.5. The van der Waals surface area contributed by atoms with Crippen molar-refractivity contribution in [1.29, 1.82) is 0 Å². The van der Waals surface area contributed by atoms with E-state index in [0.717, 1.165) is 5.56 Å². The van der Waals surface area contributed by atoms with Gasteiger partial charge in [-0.3, -0.25) is 0 Å². The number of methoxy groups -OCH3 is 1. The molecule has 0 atom stereocenters. The van der Waals surface area contributed by atoms with Crippen LogP contribution in [-0.4, -0.2) is 13.1 Å². The smallest absolute Gasteiger partial charge is 0.161 e. The molecule has 0 radical (unpaired) electrons. The van der Waals surface area contributed by atoms with Crippen LogP contribution in [0, 0.1) is 0 Å². The van der Waals surface area contributed by atoms with E-state index in [4.69, 9.17) is 13.9 Å². The molecule has 0 saturated carbocycles. The molecule has 0 aliphatic heterocycles. The van der Waals surface area contributed by atoms with Gasteiger partial charge in [-0.2, -0.15) is 0 Å². The van der Waals surface area contributed by atoms with Crippen molar-refractivity contribution >= 4 is 5.97 Å². The number of hydrogen-bond donors (Lipinski definition) is 1. The molecule has 0 amide bonds. The third-order valence-corrected chi connectivity index (χ3v) is 2.75. The monoisotopic (exact) mass is 277 g/mol. The van der Waals surface area contributed by atoms with Crippen LogP contribution in [-0.2, 0) is 13.2 Å². The lowest BCUT2D eigenvalue weighted by molar-refractivity contribution is -0.386. The topological polar surface area (TPSA) is 99.4 Å². The van der Waals surface area contributed by atoms with Crippen molar-refractivity contribution in [1.82, 2.24) is 0 Å². The molecule has 106 valence electrons. The van der Waals surface area contributed by atoms with Gasteiger partial charge in [0, 0.05) is 5.56 Å². The highest BCUT2D eigenvalue weighted by Crippen LogP contribution is 2.28. The fourth-order valence-corrected chi connectivity index (χ4v) is 1.70. The molecule has 0 aliphatic carbocycles. The van der Waals surface area contributed by atoms with Crippen molar-refractivity contribution in [3.63, 3.8) is 0 Å². The predicted octanol–water partition coefficient (Wildman–Crippen LogP) is -0.0274. The van der Waals surface area contributed by atoms with Crippen LogP contribution in [0.5, 0.6) is 11.5 Å². The number of benzene rings is 1. The number of carboxylic acids is 1. The first-order valence-electron chi connectivity index (χ1n) is 6.03. The van der Waals surface area contributed by atoms with Crippen molar-refractivity contribution in [3.05, 3.63) is 47.4 Å². The van der Waals surface area contributed by atoms with E-state index in [1.807, 2.05) is 12.1 Å². The van der Waals surface area contributed by atoms with Crippen molar-refractivity contribution in [2.45, 2.75) is 13.2 Å². The summed E-state index contributed by atoms with van der Waals surface area (Å²) in [6, 6.07) is 8.37. The fourth-order valence-electron chi connectivity index (χ4n) is 1.70. The van der Waals surface area contributed by atoms with E-state index in [1.54, 1.807) is 13.2 Å². The van der Waals surface area contributed by atoms with Crippen LogP contribution in [0.1, 0.15) is 21.9 Å². The number of carboxylic acid groups (broad SMARTS) is 1. The Bertz CT molecular complexity index is 605. The standard InChI is InChI=1S/C14H15NO5/c1-18-13-6-9(7-15)2-4-11(13)19-8-10-3-5-12(20-10)14(16)17/h2-6H,7-8,15H2,1H3,(H,16,17). The second-order valence-electron chi connectivity index (χ2n) is 4.08. The van der Waals surface area contributed by atoms with E-state index in [-0.39, 0.29) is 12.4 Å². The summed E-state index contributed by atoms with van der Waals surface area (Å²) in [6.07, 6.45) is 0. The maximum atomic E-state index is 10.6. The number of furan rings is 1. The second kappa shape index (κ2) is 6.12. The van der Waals surface area contributed by atoms with Gasteiger partial charge >= 0.3 is 0 Å². The van der Waals surface area contributed by atoms with Crippen LogP contribution in [0.25, 0.3) is 0 Å². The first kappa shape index (κ1) is 14.0. The molecule has 0 saturated heterocycles. The zero-order chi connectivity index (χ0) is 14.5. The fraction of sp³-hybridized carbons (Fsp3) is 0.214. The molecule has 0 aliphatic rings. The summed E-state index contributed by atoms with van der Waals surface area (Å²) in [4.78, 5) is 10.6. The van der Waals surface area contributed by atoms with Crippen LogP contribution < -0.4 is 20.3 Å². The Balaban J connectivity index is 2.07. The van der Waals surface area contributed by atoms with E-state index in [0.29, 0.717) is 23.8 Å². The summed E-state index contributed by atoms with van der Waals surface area (Å²) in [5.41, 5.74) is 4.83. The Morgan fingerprint density at radius 3 is 2.70 bits per heavy atom. The molecular weight excluding hydrogens is 262 g/mol. The minimum absolute atomic E-state index is 0.105. The number of aromatic carboxylic acids is 1. The molecule has 2 rings (SSSR count). The third-order valence-electron chi connectivity index (χ3n) is 2.75. The molecule has 0 fully saturated rings. The van der Waals surface area contributed by atoms with Crippen molar-refractivity contribution in [3.8, 4) is 11.5 Å². The van der Waals surface area contributed by atoms with Gasteiger partial charge in [-0.25, -0.2) is 0 Å². The van der Waals surface area contributed by atoms with Gasteiger partial charge in [0.25, 0.3) is 0 Å². The minimum Gasteiger partial charge on any atom is -0.542 e. The summed E-state index contributed by atoms with van der Waals surface area (Å²) in [5, 5.41) is 10.6. The molecule has 1 aromatic heterocycles. The number of rotatable bonds is 6. The van der Waals surface area contributed by atoms with Gasteiger partial charge in [0.15, 0.2) is 11.5 Å². The summed E-state index contributed by atoms with van der Waals surface area (Å²) < 4.78 is 15.8. The predicted molar refractivity (Wildman–Crippen MR) is 67.0 cm³/mol. The molecule has 6 heteroatoms. The first-order chi connectivity index (χ1) is 9.63. The van der Waals surface area contributed by atoms with Crippen molar-refractivity contribution in [2.24, 2.45) is 0 Å². The lowest BCUT2D eigenvalue weighted by atomic mass is 10.2. The Kier molecular flexibility index (Phi) is 4.27. The largest absolute Gasteiger partial charge is 0.542 e. The highest BCUT2D eigenvalue weighted by molar-refractivity contribution is 5.82. The van der Waals surface area contributed by atoms with E-state index >= 15 is 0 Å². The molecule has 2 aromatic rings. The SMILES string of the molecule is COc1cc(C[NH3+])ccc1OCc1ccc(C(=O)[O-])o1. The summed E-state index contributed by atoms with van der Waals surface area (Å²) in [7, 11) is 1.55. The van der Waals surface area contributed by atoms with Crippen LogP contribution in [0.15, 0.2) is 34.7 Å². The molecule has 1 heterocycles. The average Bonchev–Trinajstić information content (AvgIpc) is 2.94. The van der Waals surface area contributed by atoms with Crippen LogP contribution in [0.2, 0.25) is 0 Å². The molecule has 0 spiro atoms. The van der Waals surface area contributed by atoms with E-state index in [9.17, 15) is 9.90 Å². The van der Waals surface area contributed by atoms with Gasteiger partial charge in [0.1, 0.15) is 24.1 Å². The Morgan fingerprint density at radius 2 is 2.10 bits per heavy atom. The Labute approximate surface area is 115 Å². The van der Waals surface area contributed by atoms with Gasteiger partial charge in [-0.1, -0.05) is 0 Å². The molecule has 0 unspecified atom stereocenters. The maximum absolute atomic E-state index is 10.6. The number of carbonyl (C=O) groups excluding carboxylic acids is 1. The summed E-state index contributed by atoms with van der Waals surface area (Å²) >= 11 is 0. The maximum Gasteiger partial charge on any atom is 0.161 e. The molecule has 0 bridgehead atoms. The molecular formula is C14H15NO5. The lowest BCUT2D eigenvalue weighted by Crippen LogP contribution is -2.47. The molecule has 3 N–H and O–H groups in total. The van der Waals surface area contributed by atoms with Gasteiger partial charge in [0.2, 0.25) is 0 Å². The number of quaternary nitrogens is 1. The Morgan fingerprint density at radius 1 is 1.30 bits per heavy atom. The second-order valence-corrected chi connectivity index (χ2v) is 4.08. The van der Waals surface area contributed by atoms with Gasteiger partial charge < -0.3 is 29.5 Å². The van der Waals surface area contributed by atoms with Crippen molar-refractivity contribution in [2.75, 3.05) is 7.11 Å². The lowest BCUT2D eigenvalue weighted by Gasteiger charge is -2.10. The van der Waals surface area contributed by atoms with Gasteiger partial charge in [-0.15, -0.1) is 0 Å². The van der Waals surface area contributed by atoms with E-state index in [1.165, 1.54) is 12.1 Å². The quantitative estimate of drug-likeness (QED) is 0.799. The van der Waals surface area contributed by atoms with Gasteiger partial charge in [-0.05, 0) is 30.3 Å². The minimum atomic E-state index is -1.35. The molecule has 20 heavy (non-hydrogen) atoms. The van der Waals surface area contributed by atoms with Crippen LogP contribution in [0.4, 0.5) is 0 Å². The molecule has 1 aromatic carbocycles. The highest BCUT2D eigenvalue weighted by Gasteiger charge is 2.08. The van der Waals surface area contributed by atoms with E-state index in [2.05, 4.69) is 5.73 Å². The number of hydrogen-bond acceptors (Lipinski definition) is 5. The summed E-state index contributed by atoms with van der Waals surface area (Å²) in [5.74, 6) is -0.0296. The van der Waals surface area contributed by atoms with E-state index < -0.39 is 5.97 Å². The van der Waals surface area contributed by atoms with Crippen LogP contribution >= 0.6 is 0 Å². The zero-order valence-electron chi connectivity index (χ0n) is 11.0. The normalized spacial score (nSPS) is 10.3. The van der Waals surface area contributed by atoms with Gasteiger partial charge in [0.05, 0.1) is 13.7 Å². The average molecular weight is 277 g/mol. The Hall–Kier alpha value is -2.47. The zero-order valence-corrected chi connectivity index (χ0v) is 11.0. The third kappa shape index (κ3) is 3.10. The number of ether oxygens (including phenoxy) is 2. The van der Waals surface area contributed by atoms with Crippen LogP contribution in [0.3, 0.4) is 0 Å².